The fourth-order valence-corrected chi connectivity index (χ4v) is 5.78. The highest BCUT2D eigenvalue weighted by molar-refractivity contribution is 5.97. The molecular formula is C31H24O5. The Labute approximate surface area is 208 Å². The van der Waals surface area contributed by atoms with Gasteiger partial charge >= 0.3 is 11.9 Å². The molecule has 3 unspecified atom stereocenters. The summed E-state index contributed by atoms with van der Waals surface area (Å²) >= 11 is 0. The molecule has 0 saturated carbocycles. The van der Waals surface area contributed by atoms with Crippen LogP contribution in [0.5, 0.6) is 17.2 Å². The number of hydrogen-bond acceptors (Lipinski definition) is 5. The molecule has 0 N–H and O–H groups in total. The summed E-state index contributed by atoms with van der Waals surface area (Å²) in [7, 11) is 1.67. The minimum absolute atomic E-state index is 0.0845. The molecule has 5 nitrogen and oxygen atoms in total. The number of methoxy groups -OCH3 is 1. The third-order valence-corrected chi connectivity index (χ3v) is 7.34. The molecule has 0 spiro atoms. The first-order valence-electron chi connectivity index (χ1n) is 11.9. The van der Waals surface area contributed by atoms with Crippen LogP contribution in [0, 0.1) is 5.92 Å². The standard InChI is InChI=1S/C31H24O5/c1-3-29(32)35-27-14-15-28(21-10-6-5-9-20(21)27)36-31(33)26-17-25-19-8-4-7-11-22(19)30(26)23-13-12-18(34-2)16-24(23)25/h3-16,25-26,30H,1,17H2,2H3. The Kier molecular flexibility index (Phi) is 5.33. The minimum atomic E-state index is -0.544. The summed E-state index contributed by atoms with van der Waals surface area (Å²) in [5.74, 6) is 0.552. The van der Waals surface area contributed by atoms with E-state index in [-0.39, 0.29) is 23.7 Å². The minimum Gasteiger partial charge on any atom is -0.497 e. The van der Waals surface area contributed by atoms with Gasteiger partial charge in [-0.25, -0.2) is 4.79 Å². The molecule has 36 heavy (non-hydrogen) atoms. The van der Waals surface area contributed by atoms with Crippen LogP contribution in [-0.4, -0.2) is 19.0 Å². The molecule has 0 amide bonds. The molecule has 0 radical (unpaired) electrons. The molecule has 2 bridgehead atoms. The van der Waals surface area contributed by atoms with E-state index in [4.69, 9.17) is 14.2 Å². The Morgan fingerprint density at radius 2 is 1.44 bits per heavy atom. The lowest BCUT2D eigenvalue weighted by molar-refractivity contribution is -0.140. The van der Waals surface area contributed by atoms with Gasteiger partial charge in [-0.15, -0.1) is 0 Å². The van der Waals surface area contributed by atoms with Crippen molar-refractivity contribution in [2.24, 2.45) is 5.92 Å². The Morgan fingerprint density at radius 1 is 0.806 bits per heavy atom. The van der Waals surface area contributed by atoms with Crippen LogP contribution in [-0.2, 0) is 9.59 Å². The number of ether oxygens (including phenoxy) is 3. The predicted molar refractivity (Wildman–Crippen MR) is 137 cm³/mol. The molecule has 4 aromatic rings. The first kappa shape index (κ1) is 22.1. The van der Waals surface area contributed by atoms with E-state index in [1.807, 2.05) is 36.4 Å². The van der Waals surface area contributed by atoms with Crippen molar-refractivity contribution >= 4 is 22.7 Å². The molecule has 5 heteroatoms. The SMILES string of the molecule is C=CC(=O)Oc1ccc(OC(=O)C2CC3c4ccccc4C2c2ccc(OC)cc23)c2ccccc12. The second kappa shape index (κ2) is 8.68. The largest absolute Gasteiger partial charge is 0.497 e. The highest BCUT2D eigenvalue weighted by Gasteiger charge is 2.47. The first-order valence-corrected chi connectivity index (χ1v) is 11.9. The summed E-state index contributed by atoms with van der Waals surface area (Å²) in [6.45, 7) is 3.46. The number of carbonyl (C=O) groups excluding carboxylic acids is 2. The molecule has 0 fully saturated rings. The van der Waals surface area contributed by atoms with Crippen molar-refractivity contribution in [1.29, 1.82) is 0 Å². The Balaban J connectivity index is 1.37. The smallest absolute Gasteiger partial charge is 0.335 e. The van der Waals surface area contributed by atoms with E-state index in [1.54, 1.807) is 19.2 Å². The number of esters is 2. The maximum atomic E-state index is 13.7. The molecule has 0 saturated heterocycles. The van der Waals surface area contributed by atoms with Gasteiger partial charge in [-0.2, -0.15) is 0 Å². The van der Waals surface area contributed by atoms with E-state index in [1.165, 1.54) is 16.7 Å². The molecule has 3 aliphatic carbocycles. The third kappa shape index (κ3) is 3.47. The summed E-state index contributed by atoms with van der Waals surface area (Å²) in [6, 6.07) is 25.2. The number of rotatable bonds is 5. The van der Waals surface area contributed by atoms with Gasteiger partial charge in [0.15, 0.2) is 0 Å². The van der Waals surface area contributed by atoms with Gasteiger partial charge in [0.2, 0.25) is 0 Å². The van der Waals surface area contributed by atoms with Gasteiger partial charge in [-0.1, -0.05) is 61.2 Å². The molecule has 0 aliphatic heterocycles. The number of benzene rings is 4. The van der Waals surface area contributed by atoms with E-state index in [0.29, 0.717) is 28.7 Å². The number of carbonyl (C=O) groups is 2. The highest BCUT2D eigenvalue weighted by Crippen LogP contribution is 2.56. The summed E-state index contributed by atoms with van der Waals surface area (Å²) in [6.07, 6.45) is 1.79. The van der Waals surface area contributed by atoms with Crippen LogP contribution in [0.1, 0.15) is 40.5 Å². The van der Waals surface area contributed by atoms with Crippen molar-refractivity contribution in [2.45, 2.75) is 18.3 Å². The second-order valence-electron chi connectivity index (χ2n) is 9.15. The normalized spacial score (nSPS) is 19.2. The van der Waals surface area contributed by atoms with Crippen molar-refractivity contribution in [1.82, 2.24) is 0 Å². The lowest BCUT2D eigenvalue weighted by Gasteiger charge is -2.44. The maximum absolute atomic E-state index is 13.7. The van der Waals surface area contributed by atoms with Crippen LogP contribution >= 0.6 is 0 Å². The predicted octanol–water partition coefficient (Wildman–Crippen LogP) is 6.14. The van der Waals surface area contributed by atoms with Gasteiger partial charge in [0.1, 0.15) is 17.2 Å². The van der Waals surface area contributed by atoms with Crippen LogP contribution < -0.4 is 14.2 Å². The van der Waals surface area contributed by atoms with Crippen molar-refractivity contribution in [3.63, 3.8) is 0 Å². The van der Waals surface area contributed by atoms with Gasteiger partial charge < -0.3 is 14.2 Å². The van der Waals surface area contributed by atoms with Gasteiger partial charge in [-0.3, -0.25) is 4.79 Å². The van der Waals surface area contributed by atoms with Gasteiger partial charge in [0.25, 0.3) is 0 Å². The maximum Gasteiger partial charge on any atom is 0.335 e. The van der Waals surface area contributed by atoms with Crippen molar-refractivity contribution in [3.8, 4) is 17.2 Å². The van der Waals surface area contributed by atoms with Gasteiger partial charge in [0, 0.05) is 28.7 Å². The third-order valence-electron chi connectivity index (χ3n) is 7.34. The van der Waals surface area contributed by atoms with Crippen molar-refractivity contribution in [2.75, 3.05) is 7.11 Å². The van der Waals surface area contributed by atoms with Crippen LogP contribution in [0.15, 0.2) is 91.5 Å². The quantitative estimate of drug-likeness (QED) is 0.197. The molecule has 0 heterocycles. The monoisotopic (exact) mass is 476 g/mol. The summed E-state index contributed by atoms with van der Waals surface area (Å²) in [4.78, 5) is 25.5. The lowest BCUT2D eigenvalue weighted by atomic mass is 9.59. The Hall–Kier alpha value is -4.38. The van der Waals surface area contributed by atoms with E-state index in [9.17, 15) is 9.59 Å². The molecule has 7 rings (SSSR count). The van der Waals surface area contributed by atoms with Crippen molar-refractivity contribution < 1.29 is 23.8 Å². The van der Waals surface area contributed by atoms with E-state index < -0.39 is 5.97 Å². The Bertz CT molecular complexity index is 1540. The lowest BCUT2D eigenvalue weighted by Crippen LogP contribution is -2.38. The topological polar surface area (TPSA) is 61.8 Å². The fourth-order valence-electron chi connectivity index (χ4n) is 5.78. The molecule has 0 aromatic heterocycles. The Morgan fingerprint density at radius 3 is 2.14 bits per heavy atom. The van der Waals surface area contributed by atoms with Gasteiger partial charge in [0.05, 0.1) is 13.0 Å². The van der Waals surface area contributed by atoms with Gasteiger partial charge in [-0.05, 0) is 52.9 Å². The zero-order valence-electron chi connectivity index (χ0n) is 19.8. The average molecular weight is 477 g/mol. The van der Waals surface area contributed by atoms with Crippen LogP contribution in [0.2, 0.25) is 0 Å². The molecule has 3 atom stereocenters. The van der Waals surface area contributed by atoms with E-state index >= 15 is 0 Å². The van der Waals surface area contributed by atoms with Crippen LogP contribution in [0.4, 0.5) is 0 Å². The summed E-state index contributed by atoms with van der Waals surface area (Å²) in [5.41, 5.74) is 4.83. The summed E-state index contributed by atoms with van der Waals surface area (Å²) in [5, 5.41) is 1.39. The number of fused-ring (bicyclic) bond motifs is 2. The van der Waals surface area contributed by atoms with Crippen LogP contribution in [0.3, 0.4) is 0 Å². The fraction of sp³-hybridized carbons (Fsp3) is 0.161. The zero-order valence-corrected chi connectivity index (χ0v) is 19.8. The molecular weight excluding hydrogens is 452 g/mol. The van der Waals surface area contributed by atoms with Crippen LogP contribution in [0.25, 0.3) is 10.8 Å². The zero-order chi connectivity index (χ0) is 24.8. The van der Waals surface area contributed by atoms with Crippen molar-refractivity contribution in [3.05, 3.63) is 114 Å². The first-order chi connectivity index (χ1) is 17.6. The van der Waals surface area contributed by atoms with E-state index in [0.717, 1.165) is 17.4 Å². The molecule has 3 aliphatic rings. The highest BCUT2D eigenvalue weighted by atomic mass is 16.5. The summed E-state index contributed by atoms with van der Waals surface area (Å²) < 4.78 is 16.9. The average Bonchev–Trinajstić information content (AvgIpc) is 2.93. The van der Waals surface area contributed by atoms with E-state index in [2.05, 4.69) is 36.9 Å². The number of hydrogen-bond donors (Lipinski definition) is 0. The second-order valence-corrected chi connectivity index (χ2v) is 9.15. The molecule has 4 aromatic carbocycles. The molecule has 178 valence electrons.